The van der Waals surface area contributed by atoms with Gasteiger partial charge >= 0.3 is 5.97 Å². The van der Waals surface area contributed by atoms with E-state index in [0.717, 1.165) is 30.4 Å². The Labute approximate surface area is 334 Å². The number of allylic oxidation sites excluding steroid dienone is 3. The highest BCUT2D eigenvalue weighted by atomic mass is 35.5. The summed E-state index contributed by atoms with van der Waals surface area (Å²) < 4.78 is 30.0. The lowest BCUT2D eigenvalue weighted by Crippen LogP contribution is -2.64. The number of rotatable bonds is 6. The maximum atomic E-state index is 14.3. The van der Waals surface area contributed by atoms with Crippen LogP contribution >= 0.6 is 11.6 Å². The summed E-state index contributed by atoms with van der Waals surface area (Å²) in [5.41, 5.74) is 1.95. The van der Waals surface area contributed by atoms with E-state index in [4.69, 9.17) is 35.3 Å². The Morgan fingerprint density at radius 3 is 2.29 bits per heavy atom. The van der Waals surface area contributed by atoms with Crippen molar-refractivity contribution in [1.82, 2.24) is 4.90 Å². The highest BCUT2D eigenvalue weighted by Gasteiger charge is 2.56. The van der Waals surface area contributed by atoms with Gasteiger partial charge in [-0.05, 0) is 108 Å². The first-order valence-electron chi connectivity index (χ1n) is 20.6. The molecule has 55 heavy (non-hydrogen) atoms. The van der Waals surface area contributed by atoms with E-state index in [9.17, 15) is 24.3 Å². The van der Waals surface area contributed by atoms with Crippen LogP contribution < -0.4 is 0 Å². The number of carbonyl (C=O) groups excluding carboxylic acids is 4. The zero-order chi connectivity index (χ0) is 40.6. The van der Waals surface area contributed by atoms with Gasteiger partial charge in [-0.15, -0.1) is 11.6 Å². The number of carbonyl (C=O) groups is 4. The van der Waals surface area contributed by atoms with Crippen LogP contribution in [0.5, 0.6) is 0 Å². The summed E-state index contributed by atoms with van der Waals surface area (Å²) in [4.78, 5) is 57.7. The molecular weight excluding hydrogens is 726 g/mol. The number of ether oxygens (including phenoxy) is 5. The van der Waals surface area contributed by atoms with Crippen molar-refractivity contribution in [2.75, 3.05) is 27.9 Å². The van der Waals surface area contributed by atoms with E-state index in [0.29, 0.717) is 51.4 Å². The van der Waals surface area contributed by atoms with Crippen molar-refractivity contribution in [1.29, 1.82) is 0 Å². The van der Waals surface area contributed by atoms with Crippen molar-refractivity contribution in [3.8, 4) is 0 Å². The second kappa shape index (κ2) is 20.5. The number of halogens is 1. The highest BCUT2D eigenvalue weighted by molar-refractivity contribution is 6.39. The van der Waals surface area contributed by atoms with Crippen molar-refractivity contribution in [2.45, 2.75) is 166 Å². The van der Waals surface area contributed by atoms with Gasteiger partial charge in [-0.25, -0.2) is 4.79 Å². The molecule has 312 valence electrons. The predicted octanol–water partition coefficient (Wildman–Crippen LogP) is 6.75. The molecule has 3 aliphatic heterocycles. The van der Waals surface area contributed by atoms with Gasteiger partial charge in [-0.3, -0.25) is 14.4 Å². The average Bonchev–Trinajstić information content (AvgIpc) is 3.17. The summed E-state index contributed by atoms with van der Waals surface area (Å²) in [5.74, 6) is -5.98. The molecule has 0 spiro atoms. The molecular formula is C43H68ClNO10. The SMILES string of the molecule is CCC1/C=C(\C)CC(C)CC(OC)C2OC(O)(C(=O)C(=O)N3CCCCC3C(=O)OC(/C(C)=C/C3CCC(Cl)C(OC)C3)C(C)CCC1=O)C(C)CC2OC. The fourth-order valence-corrected chi connectivity index (χ4v) is 9.70. The molecule has 1 amide bonds. The molecule has 1 saturated carbocycles. The van der Waals surface area contributed by atoms with Crippen molar-refractivity contribution in [3.63, 3.8) is 0 Å². The van der Waals surface area contributed by atoms with Gasteiger partial charge in [-0.1, -0.05) is 45.4 Å². The predicted molar refractivity (Wildman–Crippen MR) is 210 cm³/mol. The summed E-state index contributed by atoms with van der Waals surface area (Å²) >= 11 is 6.54. The van der Waals surface area contributed by atoms with Crippen LogP contribution in [0.1, 0.15) is 119 Å². The number of ketones is 2. The number of methoxy groups -OCH3 is 3. The minimum Gasteiger partial charge on any atom is -0.456 e. The van der Waals surface area contributed by atoms with Gasteiger partial charge in [0.05, 0.1) is 23.7 Å². The molecule has 0 radical (unpaired) electrons. The Morgan fingerprint density at radius 2 is 1.64 bits per heavy atom. The number of Topliss-reactive ketones (excluding diaryl/α,β-unsaturated/α-hetero) is 2. The van der Waals surface area contributed by atoms with Gasteiger partial charge in [0.15, 0.2) is 0 Å². The van der Waals surface area contributed by atoms with E-state index in [2.05, 4.69) is 19.1 Å². The summed E-state index contributed by atoms with van der Waals surface area (Å²) in [6.45, 7) is 11.9. The van der Waals surface area contributed by atoms with E-state index in [1.807, 2.05) is 27.7 Å². The zero-order valence-corrected chi connectivity index (χ0v) is 35.5. The number of amides is 1. The lowest BCUT2D eigenvalue weighted by Gasteiger charge is -2.47. The molecule has 3 heterocycles. The maximum absolute atomic E-state index is 14.3. The number of hydrogen-bond donors (Lipinski definition) is 1. The lowest BCUT2D eigenvalue weighted by atomic mass is 9.82. The molecule has 1 N–H and O–H groups in total. The van der Waals surface area contributed by atoms with E-state index in [-0.39, 0.29) is 53.9 Å². The maximum Gasteiger partial charge on any atom is 0.329 e. The first-order chi connectivity index (χ1) is 26.1. The minimum absolute atomic E-state index is 0.0643. The van der Waals surface area contributed by atoms with Gasteiger partial charge in [0, 0.05) is 46.1 Å². The van der Waals surface area contributed by atoms with Gasteiger partial charge < -0.3 is 33.7 Å². The molecule has 4 rings (SSSR count). The van der Waals surface area contributed by atoms with Crippen LogP contribution in [0, 0.1) is 29.6 Å². The molecule has 4 aliphatic rings. The molecule has 3 fully saturated rings. The van der Waals surface area contributed by atoms with Crippen LogP contribution in [-0.4, -0.2) is 109 Å². The van der Waals surface area contributed by atoms with E-state index in [1.165, 1.54) is 4.90 Å². The zero-order valence-electron chi connectivity index (χ0n) is 34.7. The summed E-state index contributed by atoms with van der Waals surface area (Å²) in [6, 6.07) is -1.02. The Kier molecular flexibility index (Phi) is 17.0. The van der Waals surface area contributed by atoms with Crippen LogP contribution in [0.25, 0.3) is 0 Å². The van der Waals surface area contributed by atoms with E-state index >= 15 is 0 Å². The fourth-order valence-electron chi connectivity index (χ4n) is 9.37. The quantitative estimate of drug-likeness (QED) is 0.133. The first-order valence-corrected chi connectivity index (χ1v) is 21.1. The summed E-state index contributed by atoms with van der Waals surface area (Å²) in [7, 11) is 4.78. The number of fused-ring (bicyclic) bond motifs is 3. The molecule has 2 bridgehead atoms. The number of cyclic esters (lactones) is 1. The third-order valence-electron chi connectivity index (χ3n) is 12.7. The molecule has 13 atom stereocenters. The monoisotopic (exact) mass is 793 g/mol. The lowest BCUT2D eigenvalue weighted by molar-refractivity contribution is -0.302. The Morgan fingerprint density at radius 1 is 0.964 bits per heavy atom. The van der Waals surface area contributed by atoms with Crippen molar-refractivity contribution in [3.05, 3.63) is 23.3 Å². The molecule has 0 aromatic heterocycles. The van der Waals surface area contributed by atoms with Gasteiger partial charge in [-0.2, -0.15) is 0 Å². The summed E-state index contributed by atoms with van der Waals surface area (Å²) in [6.07, 6.45) is 8.50. The Balaban J connectivity index is 1.73. The highest BCUT2D eigenvalue weighted by Crippen LogP contribution is 2.39. The smallest absolute Gasteiger partial charge is 0.329 e. The van der Waals surface area contributed by atoms with Gasteiger partial charge in [0.1, 0.15) is 24.0 Å². The molecule has 0 aromatic carbocycles. The van der Waals surface area contributed by atoms with Crippen LogP contribution in [0.4, 0.5) is 0 Å². The number of aliphatic hydroxyl groups is 1. The standard InChI is InChI=1S/C43H68ClNO10/c1-10-31-20-25(2)19-26(3)21-36(52-8)39-37(53-9)23-29(6)43(50,55-39)40(47)41(48)45-18-12-11-13-33(45)42(49)54-38(27(4)14-17-34(31)46)28(5)22-30-15-16-32(44)35(24-30)51-7/h20,22,26-27,29-33,35-39,50H,10-19,21,23-24H2,1-9H3/b25-20+,28-22+. The van der Waals surface area contributed by atoms with Crippen LogP contribution in [0.2, 0.25) is 0 Å². The van der Waals surface area contributed by atoms with Crippen LogP contribution in [0.3, 0.4) is 0 Å². The van der Waals surface area contributed by atoms with Gasteiger partial charge in [0.2, 0.25) is 5.79 Å². The van der Waals surface area contributed by atoms with Gasteiger partial charge in [0.25, 0.3) is 11.7 Å². The minimum atomic E-state index is -2.45. The molecule has 1 aliphatic carbocycles. The molecule has 0 aromatic rings. The number of nitrogens with zero attached hydrogens (tertiary/aromatic N) is 1. The summed E-state index contributed by atoms with van der Waals surface area (Å²) in [5, 5.41) is 12.0. The average molecular weight is 794 g/mol. The molecule has 13 unspecified atom stereocenters. The number of hydrogen-bond acceptors (Lipinski definition) is 10. The second-order valence-corrected chi connectivity index (χ2v) is 17.6. The number of esters is 1. The first kappa shape index (κ1) is 45.6. The molecule has 12 heteroatoms. The van der Waals surface area contributed by atoms with Crippen LogP contribution in [0.15, 0.2) is 23.3 Å². The Hall–Kier alpha value is -2.15. The van der Waals surface area contributed by atoms with Crippen molar-refractivity contribution >= 4 is 35.0 Å². The fraction of sp³-hybridized carbons (Fsp3) is 0.814. The van der Waals surface area contributed by atoms with Crippen molar-refractivity contribution < 1.29 is 48.0 Å². The Bertz CT molecular complexity index is 1400. The van der Waals surface area contributed by atoms with E-state index in [1.54, 1.807) is 28.3 Å². The van der Waals surface area contributed by atoms with Crippen LogP contribution in [-0.2, 0) is 42.9 Å². The third-order valence-corrected chi connectivity index (χ3v) is 13.2. The normalized spacial score (nSPS) is 40.7. The topological polar surface area (TPSA) is 138 Å². The van der Waals surface area contributed by atoms with Crippen molar-refractivity contribution in [2.24, 2.45) is 29.6 Å². The second-order valence-electron chi connectivity index (χ2n) is 17.0. The molecule has 2 saturated heterocycles. The van der Waals surface area contributed by atoms with E-state index < -0.39 is 59.8 Å². The largest absolute Gasteiger partial charge is 0.456 e. The number of alkyl halides is 1. The molecule has 11 nitrogen and oxygen atoms in total. The number of piperidine rings is 1. The third kappa shape index (κ3) is 11.1.